The van der Waals surface area contributed by atoms with Crippen LogP contribution in [0.3, 0.4) is 0 Å². The summed E-state index contributed by atoms with van der Waals surface area (Å²) in [6, 6.07) is 6.22. The summed E-state index contributed by atoms with van der Waals surface area (Å²) in [4.78, 5) is 16.8. The summed E-state index contributed by atoms with van der Waals surface area (Å²) < 4.78 is 2.12. The lowest BCUT2D eigenvalue weighted by Gasteiger charge is -2.22. The standard InChI is InChI=1S/C15H19N3O/c1-10(2)16-15(19)11-6-7-12-13(9-11)18-8-4-3-5-14(18)17-12/h3-5,8,10-11H,6-7,9H2,1-2H3,(H,16,19). The monoisotopic (exact) mass is 257 g/mol. The molecule has 1 atom stereocenters. The number of nitrogens with zero attached hydrogens (tertiary/aromatic N) is 2. The predicted molar refractivity (Wildman–Crippen MR) is 74.0 cm³/mol. The zero-order chi connectivity index (χ0) is 13.4. The van der Waals surface area contributed by atoms with E-state index in [2.05, 4.69) is 14.7 Å². The zero-order valence-electron chi connectivity index (χ0n) is 11.4. The van der Waals surface area contributed by atoms with Crippen LogP contribution in [0.5, 0.6) is 0 Å². The van der Waals surface area contributed by atoms with Gasteiger partial charge in [0.05, 0.1) is 5.69 Å². The number of carbonyl (C=O) groups is 1. The summed E-state index contributed by atoms with van der Waals surface area (Å²) in [5, 5.41) is 3.01. The van der Waals surface area contributed by atoms with Gasteiger partial charge >= 0.3 is 0 Å². The average molecular weight is 257 g/mol. The van der Waals surface area contributed by atoms with Gasteiger partial charge in [0, 0.05) is 30.3 Å². The van der Waals surface area contributed by atoms with Gasteiger partial charge in [-0.1, -0.05) is 6.07 Å². The van der Waals surface area contributed by atoms with Crippen LogP contribution in [-0.4, -0.2) is 21.3 Å². The van der Waals surface area contributed by atoms with E-state index in [0.29, 0.717) is 0 Å². The second-order valence-electron chi connectivity index (χ2n) is 5.54. The number of rotatable bonds is 2. The molecule has 4 nitrogen and oxygen atoms in total. The number of aryl methyl sites for hydroxylation is 1. The number of fused-ring (bicyclic) bond motifs is 3. The second kappa shape index (κ2) is 4.68. The van der Waals surface area contributed by atoms with Crippen molar-refractivity contribution in [3.63, 3.8) is 0 Å². The van der Waals surface area contributed by atoms with Crippen molar-refractivity contribution in [3.8, 4) is 0 Å². The first kappa shape index (κ1) is 12.2. The van der Waals surface area contributed by atoms with Gasteiger partial charge in [0.1, 0.15) is 5.65 Å². The highest BCUT2D eigenvalue weighted by Crippen LogP contribution is 2.26. The lowest BCUT2D eigenvalue weighted by Crippen LogP contribution is -2.38. The Kier molecular flexibility index (Phi) is 3.01. The van der Waals surface area contributed by atoms with Crippen molar-refractivity contribution in [2.24, 2.45) is 5.92 Å². The van der Waals surface area contributed by atoms with Gasteiger partial charge < -0.3 is 9.72 Å². The Labute approximate surface area is 112 Å². The van der Waals surface area contributed by atoms with Crippen molar-refractivity contribution in [1.29, 1.82) is 0 Å². The Morgan fingerprint density at radius 3 is 3.11 bits per heavy atom. The number of imidazole rings is 1. The molecule has 0 saturated carbocycles. The molecule has 2 heterocycles. The van der Waals surface area contributed by atoms with E-state index >= 15 is 0 Å². The lowest BCUT2D eigenvalue weighted by molar-refractivity contribution is -0.125. The van der Waals surface area contributed by atoms with Gasteiger partial charge in [-0.15, -0.1) is 0 Å². The van der Waals surface area contributed by atoms with Crippen LogP contribution in [0.1, 0.15) is 31.7 Å². The molecule has 0 saturated heterocycles. The molecule has 1 aliphatic carbocycles. The third-order valence-electron chi connectivity index (χ3n) is 3.68. The number of amides is 1. The van der Waals surface area contributed by atoms with E-state index in [0.717, 1.165) is 30.6 Å². The maximum atomic E-state index is 12.1. The molecule has 1 aliphatic rings. The first-order valence-corrected chi connectivity index (χ1v) is 6.90. The topological polar surface area (TPSA) is 46.4 Å². The Hall–Kier alpha value is -1.84. The van der Waals surface area contributed by atoms with Crippen molar-refractivity contribution >= 4 is 11.6 Å². The molecule has 1 unspecified atom stereocenters. The summed E-state index contributed by atoms with van der Waals surface area (Å²) in [6.45, 7) is 4.00. The lowest BCUT2D eigenvalue weighted by atomic mass is 9.89. The third-order valence-corrected chi connectivity index (χ3v) is 3.68. The summed E-state index contributed by atoms with van der Waals surface area (Å²) in [5.41, 5.74) is 3.34. The fourth-order valence-corrected chi connectivity index (χ4v) is 2.78. The molecule has 1 amide bonds. The largest absolute Gasteiger partial charge is 0.354 e. The number of hydrogen-bond donors (Lipinski definition) is 1. The highest BCUT2D eigenvalue weighted by molar-refractivity contribution is 5.79. The first-order valence-electron chi connectivity index (χ1n) is 6.90. The molecule has 19 heavy (non-hydrogen) atoms. The van der Waals surface area contributed by atoms with Crippen LogP contribution in [-0.2, 0) is 17.6 Å². The van der Waals surface area contributed by atoms with Crippen molar-refractivity contribution in [3.05, 3.63) is 35.8 Å². The van der Waals surface area contributed by atoms with Crippen molar-refractivity contribution in [2.75, 3.05) is 0 Å². The highest BCUT2D eigenvalue weighted by Gasteiger charge is 2.28. The molecule has 0 bridgehead atoms. The molecule has 2 aromatic rings. The number of hydrogen-bond acceptors (Lipinski definition) is 2. The van der Waals surface area contributed by atoms with Crippen LogP contribution in [0.25, 0.3) is 5.65 Å². The van der Waals surface area contributed by atoms with Gasteiger partial charge in [-0.2, -0.15) is 0 Å². The molecule has 4 heteroatoms. The van der Waals surface area contributed by atoms with E-state index in [-0.39, 0.29) is 17.9 Å². The summed E-state index contributed by atoms with van der Waals surface area (Å²) in [5.74, 6) is 0.251. The molecule has 0 aromatic carbocycles. The molecule has 0 fully saturated rings. The van der Waals surface area contributed by atoms with Crippen LogP contribution < -0.4 is 5.32 Å². The molecule has 0 spiro atoms. The van der Waals surface area contributed by atoms with Crippen molar-refractivity contribution in [1.82, 2.24) is 14.7 Å². The summed E-state index contributed by atoms with van der Waals surface area (Å²) in [6.07, 6.45) is 4.62. The fourth-order valence-electron chi connectivity index (χ4n) is 2.78. The minimum atomic E-state index is 0.0787. The van der Waals surface area contributed by atoms with Crippen LogP contribution in [0.15, 0.2) is 24.4 Å². The molecule has 0 aliphatic heterocycles. The molecular formula is C15H19N3O. The minimum absolute atomic E-state index is 0.0787. The molecule has 1 N–H and O–H groups in total. The van der Waals surface area contributed by atoms with Gasteiger partial charge in [0.2, 0.25) is 5.91 Å². The van der Waals surface area contributed by atoms with E-state index in [4.69, 9.17) is 0 Å². The fraction of sp³-hybridized carbons (Fsp3) is 0.467. The van der Waals surface area contributed by atoms with Gasteiger partial charge in [-0.3, -0.25) is 4.79 Å². The van der Waals surface area contributed by atoms with Gasteiger partial charge in [0.15, 0.2) is 0 Å². The second-order valence-corrected chi connectivity index (χ2v) is 5.54. The van der Waals surface area contributed by atoms with Crippen LogP contribution in [0.2, 0.25) is 0 Å². The Bertz CT molecular complexity index is 615. The quantitative estimate of drug-likeness (QED) is 0.894. The van der Waals surface area contributed by atoms with E-state index in [1.54, 1.807) is 0 Å². The van der Waals surface area contributed by atoms with Crippen LogP contribution in [0.4, 0.5) is 0 Å². The number of aromatic nitrogens is 2. The number of nitrogens with one attached hydrogen (secondary N) is 1. The molecule has 0 radical (unpaired) electrons. The number of carbonyl (C=O) groups excluding carboxylic acids is 1. The van der Waals surface area contributed by atoms with E-state index in [1.807, 2.05) is 38.2 Å². The van der Waals surface area contributed by atoms with E-state index in [1.165, 1.54) is 5.69 Å². The van der Waals surface area contributed by atoms with E-state index < -0.39 is 0 Å². The molecule has 100 valence electrons. The van der Waals surface area contributed by atoms with Crippen molar-refractivity contribution < 1.29 is 4.79 Å². The molecule has 3 rings (SSSR count). The maximum Gasteiger partial charge on any atom is 0.223 e. The highest BCUT2D eigenvalue weighted by atomic mass is 16.1. The van der Waals surface area contributed by atoms with E-state index in [9.17, 15) is 4.79 Å². The Morgan fingerprint density at radius 1 is 1.47 bits per heavy atom. The predicted octanol–water partition coefficient (Wildman–Crippen LogP) is 1.96. The SMILES string of the molecule is CC(C)NC(=O)C1CCc2nc3ccccn3c2C1. The number of pyridine rings is 1. The van der Waals surface area contributed by atoms with Gasteiger partial charge in [0.25, 0.3) is 0 Å². The zero-order valence-corrected chi connectivity index (χ0v) is 11.4. The third kappa shape index (κ3) is 2.23. The van der Waals surface area contributed by atoms with Gasteiger partial charge in [-0.25, -0.2) is 4.98 Å². The minimum Gasteiger partial charge on any atom is -0.354 e. The Morgan fingerprint density at radius 2 is 2.32 bits per heavy atom. The maximum absolute atomic E-state index is 12.1. The van der Waals surface area contributed by atoms with Crippen LogP contribution >= 0.6 is 0 Å². The first-order chi connectivity index (χ1) is 9.15. The van der Waals surface area contributed by atoms with Gasteiger partial charge in [-0.05, 0) is 38.8 Å². The summed E-state index contributed by atoms with van der Waals surface area (Å²) >= 11 is 0. The smallest absolute Gasteiger partial charge is 0.223 e. The molecular weight excluding hydrogens is 238 g/mol. The van der Waals surface area contributed by atoms with Crippen LogP contribution in [0, 0.1) is 5.92 Å². The van der Waals surface area contributed by atoms with Crippen molar-refractivity contribution in [2.45, 2.75) is 39.2 Å². The average Bonchev–Trinajstić information content (AvgIpc) is 2.75. The molecule has 2 aromatic heterocycles. The Balaban J connectivity index is 1.88. The normalized spacial score (nSPS) is 18.6. The summed E-state index contributed by atoms with van der Waals surface area (Å²) in [7, 11) is 0.